The molecule has 2 aromatic carbocycles. The van der Waals surface area contributed by atoms with E-state index in [1.807, 2.05) is 36.4 Å². The average Bonchev–Trinajstić information content (AvgIpc) is 2.84. The maximum atomic E-state index is 11.9. The Labute approximate surface area is 203 Å². The zero-order chi connectivity index (χ0) is 24.5. The topological polar surface area (TPSA) is 125 Å². The van der Waals surface area contributed by atoms with Gasteiger partial charge in [-0.15, -0.1) is 0 Å². The van der Waals surface area contributed by atoms with Crippen LogP contribution in [-0.4, -0.2) is 51.4 Å². The van der Waals surface area contributed by atoms with E-state index in [2.05, 4.69) is 12.2 Å². The predicted molar refractivity (Wildman–Crippen MR) is 129 cm³/mol. The number of aliphatic hydroxyl groups excluding tert-OH is 2. The Morgan fingerprint density at radius 1 is 0.971 bits per heavy atom. The van der Waals surface area contributed by atoms with Crippen molar-refractivity contribution in [2.75, 3.05) is 23.4 Å². The first-order valence-electron chi connectivity index (χ1n) is 11.2. The van der Waals surface area contributed by atoms with Gasteiger partial charge < -0.3 is 30.1 Å². The first-order chi connectivity index (χ1) is 16.4. The number of benzene rings is 2. The summed E-state index contributed by atoms with van der Waals surface area (Å²) < 4.78 is 12.7. The summed E-state index contributed by atoms with van der Waals surface area (Å²) in [5.74, 6) is 0.0321. The smallest absolute Gasteiger partial charge is 0.303 e. The van der Waals surface area contributed by atoms with E-state index in [0.717, 1.165) is 16.7 Å². The van der Waals surface area contributed by atoms with Crippen LogP contribution >= 0.6 is 11.8 Å². The molecule has 1 saturated heterocycles. The number of carbonyl (C=O) groups is 2. The number of aliphatic carboxylic acids is 1. The van der Waals surface area contributed by atoms with Gasteiger partial charge in [0.2, 0.25) is 5.91 Å². The molecule has 8 nitrogen and oxygen atoms in total. The van der Waals surface area contributed by atoms with E-state index >= 15 is 0 Å². The van der Waals surface area contributed by atoms with E-state index in [1.54, 1.807) is 23.9 Å². The molecule has 0 aliphatic carbocycles. The van der Waals surface area contributed by atoms with Gasteiger partial charge in [-0.25, -0.2) is 0 Å². The molecule has 0 bridgehead atoms. The summed E-state index contributed by atoms with van der Waals surface area (Å²) in [4.78, 5) is 22.5. The number of rotatable bonds is 11. The van der Waals surface area contributed by atoms with Gasteiger partial charge in [0.15, 0.2) is 6.29 Å². The third-order valence-corrected chi connectivity index (χ3v) is 6.71. The highest BCUT2D eigenvalue weighted by molar-refractivity contribution is 7.99. The molecule has 3 rings (SSSR count). The number of ether oxygens (including phenoxy) is 2. The van der Waals surface area contributed by atoms with Crippen LogP contribution in [0.25, 0.3) is 0 Å². The Morgan fingerprint density at radius 3 is 2.26 bits per heavy atom. The molecule has 1 heterocycles. The second-order valence-corrected chi connectivity index (χ2v) is 9.33. The molecular weight excluding hydrogens is 458 g/mol. The van der Waals surface area contributed by atoms with Gasteiger partial charge >= 0.3 is 5.97 Å². The highest BCUT2D eigenvalue weighted by Gasteiger charge is 2.38. The number of aliphatic hydroxyl groups is 2. The molecule has 9 heteroatoms. The minimum Gasteiger partial charge on any atom is -0.481 e. The van der Waals surface area contributed by atoms with E-state index in [0.29, 0.717) is 17.2 Å². The fourth-order valence-corrected chi connectivity index (χ4v) is 4.65. The average molecular weight is 490 g/mol. The number of amides is 1. The number of hydrogen-bond donors (Lipinski definition) is 4. The van der Waals surface area contributed by atoms with E-state index in [4.69, 9.17) is 19.7 Å². The number of nitrogens with one attached hydrogen (secondary N) is 1. The monoisotopic (exact) mass is 489 g/mol. The van der Waals surface area contributed by atoms with Crippen molar-refractivity contribution in [1.29, 1.82) is 0 Å². The molecule has 0 unspecified atom stereocenters. The van der Waals surface area contributed by atoms with Gasteiger partial charge in [-0.1, -0.05) is 43.3 Å². The van der Waals surface area contributed by atoms with Crippen LogP contribution in [-0.2, 0) is 25.7 Å². The SMILES string of the molecule is C[C@H]1[C@@H](CSCCO)O[C@@H](c2ccc(NC(=O)CCC(=O)O)cc2)O[C@H]1c1ccc(CO)cc1. The molecule has 4 atom stereocenters. The van der Waals surface area contributed by atoms with Crippen LogP contribution in [0.5, 0.6) is 0 Å². The lowest BCUT2D eigenvalue weighted by molar-refractivity contribution is -0.268. The Bertz CT molecular complexity index is 935. The lowest BCUT2D eigenvalue weighted by Crippen LogP contribution is -2.38. The molecule has 0 aromatic heterocycles. The van der Waals surface area contributed by atoms with Crippen molar-refractivity contribution in [3.8, 4) is 0 Å². The Hall–Kier alpha value is -2.43. The van der Waals surface area contributed by atoms with Gasteiger partial charge in [0, 0.05) is 35.1 Å². The summed E-state index contributed by atoms with van der Waals surface area (Å²) >= 11 is 1.63. The lowest BCUT2D eigenvalue weighted by Gasteiger charge is -2.41. The standard InChI is InChI=1S/C25H31NO7S/c1-16-21(15-34-13-12-27)32-25(33-24(16)18-4-2-17(14-28)3-5-18)19-6-8-20(9-7-19)26-22(29)10-11-23(30)31/h2-9,16,21,24-25,27-28H,10-15H2,1H3,(H,26,29)(H,30,31)/t16-,21+,24+,25+/m0/s1. The van der Waals surface area contributed by atoms with Gasteiger partial charge in [0.25, 0.3) is 0 Å². The number of carboxylic acids is 1. The van der Waals surface area contributed by atoms with Crippen molar-refractivity contribution < 1.29 is 34.4 Å². The van der Waals surface area contributed by atoms with Crippen LogP contribution in [0, 0.1) is 5.92 Å². The molecule has 184 valence electrons. The molecule has 2 aromatic rings. The summed E-state index contributed by atoms with van der Waals surface area (Å²) in [6.07, 6.45) is -1.25. The normalized spacial score (nSPS) is 22.3. The van der Waals surface area contributed by atoms with E-state index in [-0.39, 0.29) is 50.1 Å². The molecule has 1 aliphatic heterocycles. The molecule has 4 N–H and O–H groups in total. The van der Waals surface area contributed by atoms with Gasteiger partial charge in [0.1, 0.15) is 0 Å². The summed E-state index contributed by atoms with van der Waals surface area (Å²) in [6, 6.07) is 14.8. The first-order valence-corrected chi connectivity index (χ1v) is 12.4. The second kappa shape index (κ2) is 12.9. The van der Waals surface area contributed by atoms with Crippen molar-refractivity contribution in [3.05, 3.63) is 65.2 Å². The molecule has 0 radical (unpaired) electrons. The fraction of sp³-hybridized carbons (Fsp3) is 0.440. The third-order valence-electron chi connectivity index (χ3n) is 5.67. The van der Waals surface area contributed by atoms with Crippen LogP contribution in [0.15, 0.2) is 48.5 Å². The van der Waals surface area contributed by atoms with Crippen LogP contribution in [0.2, 0.25) is 0 Å². The molecule has 34 heavy (non-hydrogen) atoms. The minimum absolute atomic E-state index is 0.0211. The van der Waals surface area contributed by atoms with Gasteiger partial charge in [-0.3, -0.25) is 9.59 Å². The Morgan fingerprint density at radius 2 is 1.65 bits per heavy atom. The Kier molecular flexibility index (Phi) is 9.91. The first kappa shape index (κ1) is 26.2. The van der Waals surface area contributed by atoms with Gasteiger partial charge in [-0.05, 0) is 23.3 Å². The van der Waals surface area contributed by atoms with E-state index in [1.165, 1.54) is 0 Å². The molecule has 1 fully saturated rings. The van der Waals surface area contributed by atoms with Crippen molar-refractivity contribution in [3.63, 3.8) is 0 Å². The van der Waals surface area contributed by atoms with Crippen LogP contribution in [0.4, 0.5) is 5.69 Å². The summed E-state index contributed by atoms with van der Waals surface area (Å²) in [5.41, 5.74) is 3.19. The summed E-state index contributed by atoms with van der Waals surface area (Å²) in [6.45, 7) is 2.17. The molecular formula is C25H31NO7S. The van der Waals surface area contributed by atoms with E-state index < -0.39 is 12.3 Å². The van der Waals surface area contributed by atoms with Crippen LogP contribution in [0.1, 0.15) is 48.8 Å². The zero-order valence-corrected chi connectivity index (χ0v) is 19.9. The van der Waals surface area contributed by atoms with Crippen molar-refractivity contribution >= 4 is 29.3 Å². The number of carboxylic acid groups (broad SMARTS) is 1. The highest BCUT2D eigenvalue weighted by Crippen LogP contribution is 2.42. The second-order valence-electron chi connectivity index (χ2n) is 8.18. The minimum atomic E-state index is -1.02. The molecule has 0 spiro atoms. The number of thioether (sulfide) groups is 1. The number of hydrogen-bond acceptors (Lipinski definition) is 7. The predicted octanol–water partition coefficient (Wildman–Crippen LogP) is 3.50. The van der Waals surface area contributed by atoms with Crippen molar-refractivity contribution in [1.82, 2.24) is 0 Å². The largest absolute Gasteiger partial charge is 0.481 e. The summed E-state index contributed by atoms with van der Waals surface area (Å²) in [7, 11) is 0. The van der Waals surface area contributed by atoms with Crippen molar-refractivity contribution in [2.24, 2.45) is 5.92 Å². The van der Waals surface area contributed by atoms with Gasteiger partial charge in [0.05, 0.1) is 31.8 Å². The van der Waals surface area contributed by atoms with Gasteiger partial charge in [-0.2, -0.15) is 11.8 Å². The fourth-order valence-electron chi connectivity index (χ4n) is 3.74. The quantitative estimate of drug-likeness (QED) is 0.354. The maximum absolute atomic E-state index is 11.9. The van der Waals surface area contributed by atoms with Crippen LogP contribution < -0.4 is 5.32 Å². The number of carbonyl (C=O) groups excluding carboxylic acids is 1. The van der Waals surface area contributed by atoms with Crippen molar-refractivity contribution in [2.45, 2.75) is 44.9 Å². The summed E-state index contributed by atoms with van der Waals surface area (Å²) in [5, 5.41) is 29.9. The Balaban J connectivity index is 1.74. The van der Waals surface area contributed by atoms with Crippen LogP contribution in [0.3, 0.4) is 0 Å². The molecule has 0 saturated carbocycles. The highest BCUT2D eigenvalue weighted by atomic mass is 32.2. The van der Waals surface area contributed by atoms with E-state index in [9.17, 15) is 14.7 Å². The zero-order valence-electron chi connectivity index (χ0n) is 19.1. The maximum Gasteiger partial charge on any atom is 0.303 e. The molecule has 1 amide bonds. The lowest BCUT2D eigenvalue weighted by atomic mass is 9.91. The third kappa shape index (κ3) is 7.28. The molecule has 1 aliphatic rings. The number of anilines is 1.